The molecule has 0 aliphatic heterocycles. The van der Waals surface area contributed by atoms with Crippen LogP contribution in [0.2, 0.25) is 0 Å². The third-order valence-electron chi connectivity index (χ3n) is 3.70. The van der Waals surface area contributed by atoms with Gasteiger partial charge in [0, 0.05) is 0 Å². The van der Waals surface area contributed by atoms with Crippen LogP contribution < -0.4 is 5.73 Å². The molecule has 0 fully saturated rings. The van der Waals surface area contributed by atoms with E-state index in [9.17, 15) is 0 Å². The SMILES string of the molecule is CC(C)(c1ccccc1)c1noc(C(N)C(C)(C)C)n1. The molecule has 1 unspecified atom stereocenters. The summed E-state index contributed by atoms with van der Waals surface area (Å²) in [6.45, 7) is 10.3. The van der Waals surface area contributed by atoms with Gasteiger partial charge in [-0.05, 0) is 24.8 Å². The fourth-order valence-electron chi connectivity index (χ4n) is 1.97. The lowest BCUT2D eigenvalue weighted by Gasteiger charge is -2.23. The Morgan fingerprint density at radius 2 is 1.65 bits per heavy atom. The molecule has 1 aromatic carbocycles. The van der Waals surface area contributed by atoms with Crippen LogP contribution in [0, 0.1) is 5.41 Å². The lowest BCUT2D eigenvalue weighted by Crippen LogP contribution is -2.27. The monoisotopic (exact) mass is 273 g/mol. The first-order valence-corrected chi connectivity index (χ1v) is 6.88. The van der Waals surface area contributed by atoms with E-state index in [0.717, 1.165) is 5.56 Å². The molecular weight excluding hydrogens is 250 g/mol. The number of nitrogens with zero attached hydrogens (tertiary/aromatic N) is 2. The van der Waals surface area contributed by atoms with Gasteiger partial charge in [-0.1, -0.05) is 56.3 Å². The molecule has 2 N–H and O–H groups in total. The molecule has 1 heterocycles. The molecule has 0 amide bonds. The van der Waals surface area contributed by atoms with Crippen LogP contribution in [0.15, 0.2) is 34.9 Å². The summed E-state index contributed by atoms with van der Waals surface area (Å²) in [6.07, 6.45) is 0. The number of benzene rings is 1. The Morgan fingerprint density at radius 3 is 2.20 bits per heavy atom. The van der Waals surface area contributed by atoms with Crippen molar-refractivity contribution in [2.45, 2.75) is 46.1 Å². The fraction of sp³-hybridized carbons (Fsp3) is 0.500. The summed E-state index contributed by atoms with van der Waals surface area (Å²) in [7, 11) is 0. The Balaban J connectivity index is 2.34. The van der Waals surface area contributed by atoms with Gasteiger partial charge in [-0.25, -0.2) is 0 Å². The van der Waals surface area contributed by atoms with E-state index in [0.29, 0.717) is 11.7 Å². The number of aromatic nitrogens is 2. The van der Waals surface area contributed by atoms with Crippen LogP contribution >= 0.6 is 0 Å². The quantitative estimate of drug-likeness (QED) is 0.930. The van der Waals surface area contributed by atoms with Crippen molar-refractivity contribution in [2.75, 3.05) is 0 Å². The molecular formula is C16H23N3O. The highest BCUT2D eigenvalue weighted by Gasteiger charge is 2.32. The first kappa shape index (κ1) is 14.7. The summed E-state index contributed by atoms with van der Waals surface area (Å²) in [5.41, 5.74) is 6.91. The van der Waals surface area contributed by atoms with Gasteiger partial charge in [0.15, 0.2) is 5.82 Å². The van der Waals surface area contributed by atoms with Crippen molar-refractivity contribution in [3.63, 3.8) is 0 Å². The molecule has 4 heteroatoms. The van der Waals surface area contributed by atoms with Gasteiger partial charge in [-0.2, -0.15) is 4.98 Å². The molecule has 20 heavy (non-hydrogen) atoms. The number of rotatable bonds is 3. The molecule has 0 aliphatic rings. The van der Waals surface area contributed by atoms with E-state index >= 15 is 0 Å². The van der Waals surface area contributed by atoms with E-state index in [1.165, 1.54) is 0 Å². The average Bonchev–Trinajstić information content (AvgIpc) is 2.88. The Bertz CT molecular complexity index is 567. The van der Waals surface area contributed by atoms with Gasteiger partial charge in [-0.3, -0.25) is 0 Å². The van der Waals surface area contributed by atoms with E-state index in [-0.39, 0.29) is 16.9 Å². The highest BCUT2D eigenvalue weighted by atomic mass is 16.5. The minimum absolute atomic E-state index is 0.110. The molecule has 108 valence electrons. The predicted molar refractivity (Wildman–Crippen MR) is 79.3 cm³/mol. The standard InChI is InChI=1S/C16H23N3O/c1-15(2,3)12(17)13-18-14(19-20-13)16(4,5)11-9-7-6-8-10-11/h6-10,12H,17H2,1-5H3. The fourth-order valence-corrected chi connectivity index (χ4v) is 1.97. The second kappa shape index (κ2) is 5.02. The van der Waals surface area contributed by atoms with Crippen LogP contribution in [0.5, 0.6) is 0 Å². The van der Waals surface area contributed by atoms with E-state index in [2.05, 4.69) is 56.9 Å². The van der Waals surface area contributed by atoms with Crippen molar-refractivity contribution in [1.29, 1.82) is 0 Å². The van der Waals surface area contributed by atoms with Crippen LogP contribution in [-0.2, 0) is 5.41 Å². The average molecular weight is 273 g/mol. The van der Waals surface area contributed by atoms with E-state index in [1.807, 2.05) is 18.2 Å². The number of nitrogens with two attached hydrogens (primary N) is 1. The van der Waals surface area contributed by atoms with Gasteiger partial charge in [0.2, 0.25) is 5.89 Å². The second-order valence-electron chi connectivity index (χ2n) is 6.79. The molecule has 0 spiro atoms. The van der Waals surface area contributed by atoms with Crippen molar-refractivity contribution in [2.24, 2.45) is 11.1 Å². The highest BCUT2D eigenvalue weighted by Crippen LogP contribution is 2.33. The van der Waals surface area contributed by atoms with E-state index < -0.39 is 0 Å². The van der Waals surface area contributed by atoms with Crippen LogP contribution in [0.3, 0.4) is 0 Å². The van der Waals surface area contributed by atoms with Gasteiger partial charge in [-0.15, -0.1) is 0 Å². The van der Waals surface area contributed by atoms with Crippen molar-refractivity contribution in [3.05, 3.63) is 47.6 Å². The molecule has 2 aromatic rings. The van der Waals surface area contributed by atoms with Gasteiger partial charge >= 0.3 is 0 Å². The summed E-state index contributed by atoms with van der Waals surface area (Å²) in [5, 5.41) is 4.13. The molecule has 1 aromatic heterocycles. The van der Waals surface area contributed by atoms with Crippen molar-refractivity contribution < 1.29 is 4.52 Å². The van der Waals surface area contributed by atoms with Gasteiger partial charge in [0.05, 0.1) is 11.5 Å². The smallest absolute Gasteiger partial charge is 0.244 e. The Morgan fingerprint density at radius 1 is 1.05 bits per heavy atom. The minimum Gasteiger partial charge on any atom is -0.338 e. The predicted octanol–water partition coefficient (Wildman–Crippen LogP) is 3.44. The maximum absolute atomic E-state index is 6.17. The minimum atomic E-state index is -0.305. The molecule has 2 rings (SSSR count). The molecule has 4 nitrogen and oxygen atoms in total. The van der Waals surface area contributed by atoms with Crippen LogP contribution in [0.4, 0.5) is 0 Å². The number of hydrogen-bond donors (Lipinski definition) is 1. The highest BCUT2D eigenvalue weighted by molar-refractivity contribution is 5.30. The van der Waals surface area contributed by atoms with Gasteiger partial charge in [0.25, 0.3) is 0 Å². The lowest BCUT2D eigenvalue weighted by atomic mass is 9.84. The molecule has 0 aliphatic carbocycles. The van der Waals surface area contributed by atoms with E-state index in [4.69, 9.17) is 10.3 Å². The summed E-state index contributed by atoms with van der Waals surface area (Å²) in [6, 6.07) is 9.89. The molecule has 0 bridgehead atoms. The van der Waals surface area contributed by atoms with Crippen LogP contribution in [0.1, 0.15) is 57.9 Å². The number of hydrogen-bond acceptors (Lipinski definition) is 4. The Labute approximate surface area is 120 Å². The summed E-state index contributed by atoms with van der Waals surface area (Å²) in [4.78, 5) is 4.52. The summed E-state index contributed by atoms with van der Waals surface area (Å²) in [5.74, 6) is 1.16. The maximum atomic E-state index is 6.17. The second-order valence-corrected chi connectivity index (χ2v) is 6.79. The van der Waals surface area contributed by atoms with Crippen molar-refractivity contribution >= 4 is 0 Å². The summed E-state index contributed by atoms with van der Waals surface area (Å²) < 4.78 is 5.37. The van der Waals surface area contributed by atoms with Gasteiger partial charge < -0.3 is 10.3 Å². The molecule has 0 saturated carbocycles. The normalized spacial score (nSPS) is 14.3. The largest absolute Gasteiger partial charge is 0.338 e. The van der Waals surface area contributed by atoms with Crippen LogP contribution in [0.25, 0.3) is 0 Å². The first-order chi connectivity index (χ1) is 9.23. The summed E-state index contributed by atoms with van der Waals surface area (Å²) >= 11 is 0. The third kappa shape index (κ3) is 2.75. The molecule has 0 saturated heterocycles. The van der Waals surface area contributed by atoms with Crippen molar-refractivity contribution in [1.82, 2.24) is 10.1 Å². The zero-order valence-electron chi connectivity index (χ0n) is 12.8. The zero-order valence-corrected chi connectivity index (χ0v) is 12.8. The van der Waals surface area contributed by atoms with Crippen molar-refractivity contribution in [3.8, 4) is 0 Å². The van der Waals surface area contributed by atoms with E-state index in [1.54, 1.807) is 0 Å². The maximum Gasteiger partial charge on any atom is 0.244 e. The molecule has 1 atom stereocenters. The lowest BCUT2D eigenvalue weighted by molar-refractivity contribution is 0.251. The molecule has 0 radical (unpaired) electrons. The van der Waals surface area contributed by atoms with Crippen LogP contribution in [-0.4, -0.2) is 10.1 Å². The zero-order chi connectivity index (χ0) is 15.0. The van der Waals surface area contributed by atoms with Gasteiger partial charge in [0.1, 0.15) is 0 Å². The topological polar surface area (TPSA) is 64.9 Å². The third-order valence-corrected chi connectivity index (χ3v) is 3.70. The Hall–Kier alpha value is -1.68. The Kier molecular flexibility index (Phi) is 3.69. The first-order valence-electron chi connectivity index (χ1n) is 6.88.